The lowest BCUT2D eigenvalue weighted by atomic mass is 10.1. The maximum Gasteiger partial charge on any atom is 0.227 e. The molecule has 3 heterocycles. The molecule has 0 bridgehead atoms. The van der Waals surface area contributed by atoms with Gasteiger partial charge in [-0.3, -0.25) is 4.79 Å². The highest BCUT2D eigenvalue weighted by molar-refractivity contribution is 8.03. The summed E-state index contributed by atoms with van der Waals surface area (Å²) < 4.78 is 3.75. The van der Waals surface area contributed by atoms with Crippen LogP contribution < -0.4 is 5.73 Å². The molecule has 28 heavy (non-hydrogen) atoms. The average Bonchev–Trinajstić information content (AvgIpc) is 3.29. The van der Waals surface area contributed by atoms with E-state index in [4.69, 9.17) is 10.7 Å². The molecule has 0 aliphatic heterocycles. The largest absolute Gasteiger partial charge is 0.369 e. The minimum Gasteiger partial charge on any atom is -0.369 e. The number of pyridine rings is 1. The first-order chi connectivity index (χ1) is 13.6. The van der Waals surface area contributed by atoms with Crippen molar-refractivity contribution in [3.63, 3.8) is 0 Å². The Hall–Kier alpha value is -2.36. The van der Waals surface area contributed by atoms with E-state index in [9.17, 15) is 4.79 Å². The third kappa shape index (κ3) is 4.21. The number of benzene rings is 1. The summed E-state index contributed by atoms with van der Waals surface area (Å²) in [5, 5.41) is 8.35. The molecule has 0 aliphatic rings. The van der Waals surface area contributed by atoms with Gasteiger partial charge in [0, 0.05) is 17.5 Å². The number of fused-ring (bicyclic) bond motifs is 1. The third-order valence-corrected chi connectivity index (χ3v) is 7.19. The fraction of sp³-hybridized carbons (Fsp3) is 0.158. The summed E-state index contributed by atoms with van der Waals surface area (Å²) in [5.41, 5.74) is 10.5. The lowest BCUT2D eigenvalue weighted by Crippen LogP contribution is -2.12. The van der Waals surface area contributed by atoms with Crippen LogP contribution in [0.2, 0.25) is 0 Å². The smallest absolute Gasteiger partial charge is 0.227 e. The van der Waals surface area contributed by atoms with Gasteiger partial charge < -0.3 is 10.1 Å². The van der Waals surface area contributed by atoms with Crippen molar-refractivity contribution in [3.8, 4) is 11.3 Å². The van der Waals surface area contributed by atoms with Crippen LogP contribution >= 0.6 is 34.9 Å². The van der Waals surface area contributed by atoms with Crippen molar-refractivity contribution in [1.29, 1.82) is 0 Å². The Balaban J connectivity index is 1.62. The monoisotopic (exact) mass is 427 g/mol. The van der Waals surface area contributed by atoms with Crippen LogP contribution in [0.4, 0.5) is 0 Å². The molecule has 9 heteroatoms. The Morgan fingerprint density at radius 1 is 1.11 bits per heavy atom. The highest BCUT2D eigenvalue weighted by Gasteiger charge is 2.16. The van der Waals surface area contributed by atoms with Gasteiger partial charge in [0.15, 0.2) is 8.68 Å². The van der Waals surface area contributed by atoms with Gasteiger partial charge in [0.1, 0.15) is 5.65 Å². The number of hydrogen-bond donors (Lipinski definition) is 1. The Labute approximate surface area is 174 Å². The van der Waals surface area contributed by atoms with Crippen LogP contribution in [0.25, 0.3) is 16.9 Å². The van der Waals surface area contributed by atoms with Crippen molar-refractivity contribution in [2.75, 3.05) is 5.75 Å². The maximum atomic E-state index is 10.9. The molecule has 2 N–H and O–H groups in total. The predicted molar refractivity (Wildman–Crippen MR) is 115 cm³/mol. The van der Waals surface area contributed by atoms with Crippen molar-refractivity contribution in [2.45, 2.75) is 21.4 Å². The van der Waals surface area contributed by atoms with E-state index in [1.165, 1.54) is 28.7 Å². The molecule has 0 atom stereocenters. The highest BCUT2D eigenvalue weighted by Crippen LogP contribution is 2.34. The zero-order valence-corrected chi connectivity index (χ0v) is 17.5. The molecule has 0 spiro atoms. The minimum atomic E-state index is -0.358. The Morgan fingerprint density at radius 2 is 1.86 bits per heavy atom. The first-order valence-corrected chi connectivity index (χ1v) is 11.3. The van der Waals surface area contributed by atoms with E-state index in [1.807, 2.05) is 24.3 Å². The number of carbonyl (C=O) groups excluding carboxylic acids is 1. The molecule has 1 aromatic carbocycles. The third-order valence-electron chi connectivity index (χ3n) is 3.97. The molecule has 3 aromatic heterocycles. The maximum absolute atomic E-state index is 10.9. The molecule has 0 saturated carbocycles. The number of imidazole rings is 1. The fourth-order valence-electron chi connectivity index (χ4n) is 2.74. The molecule has 4 aromatic rings. The summed E-state index contributed by atoms with van der Waals surface area (Å²) in [5.74, 6) is 0.566. The number of hydrogen-bond acceptors (Lipinski definition) is 7. The van der Waals surface area contributed by atoms with Crippen molar-refractivity contribution in [2.24, 2.45) is 5.73 Å². The van der Waals surface area contributed by atoms with E-state index in [2.05, 4.69) is 45.9 Å². The molecule has 4 rings (SSSR count). The topological polar surface area (TPSA) is 86.2 Å². The van der Waals surface area contributed by atoms with Crippen LogP contribution in [0.5, 0.6) is 0 Å². The number of rotatable bonds is 7. The summed E-state index contributed by atoms with van der Waals surface area (Å²) >= 11 is 4.41. The fourth-order valence-corrected chi connectivity index (χ4v) is 5.51. The Bertz CT molecular complexity index is 1120. The second-order valence-electron chi connectivity index (χ2n) is 6.09. The van der Waals surface area contributed by atoms with E-state index < -0.39 is 0 Å². The highest BCUT2D eigenvalue weighted by atomic mass is 32.2. The molecule has 0 aliphatic carbocycles. The van der Waals surface area contributed by atoms with Crippen molar-refractivity contribution in [3.05, 3.63) is 59.9 Å². The molecule has 1 amide bonds. The number of amides is 1. The zero-order valence-electron chi connectivity index (χ0n) is 15.0. The number of aromatic nitrogens is 4. The van der Waals surface area contributed by atoms with Crippen LogP contribution in [0, 0.1) is 6.92 Å². The number of thioether (sulfide) groups is 2. The summed E-state index contributed by atoms with van der Waals surface area (Å²) in [7, 11) is 0. The molecule has 0 fully saturated rings. The van der Waals surface area contributed by atoms with Crippen LogP contribution in [0.3, 0.4) is 0 Å². The number of primary amides is 1. The van der Waals surface area contributed by atoms with Crippen molar-refractivity contribution < 1.29 is 4.79 Å². The van der Waals surface area contributed by atoms with Gasteiger partial charge in [-0.05, 0) is 18.6 Å². The second kappa shape index (κ2) is 8.34. The standard InChI is InChI=1S/C19H17N5OS3/c1-12-7-8-16-21-17(13-5-3-2-4-6-13)14(24(16)9-12)10-26-18-22-23-19(28-18)27-11-15(20)25/h2-9H,10-11H2,1H3,(H2,20,25). The van der Waals surface area contributed by atoms with Crippen LogP contribution in [-0.4, -0.2) is 31.2 Å². The van der Waals surface area contributed by atoms with E-state index in [-0.39, 0.29) is 11.7 Å². The first kappa shape index (κ1) is 19.0. The van der Waals surface area contributed by atoms with Crippen LogP contribution in [-0.2, 0) is 10.5 Å². The number of carbonyl (C=O) groups is 1. The number of nitrogens with two attached hydrogens (primary N) is 1. The summed E-state index contributed by atoms with van der Waals surface area (Å²) in [6.07, 6.45) is 2.11. The summed E-state index contributed by atoms with van der Waals surface area (Å²) in [6, 6.07) is 14.3. The molecular weight excluding hydrogens is 410 g/mol. The van der Waals surface area contributed by atoms with Gasteiger partial charge in [-0.25, -0.2) is 4.98 Å². The van der Waals surface area contributed by atoms with Crippen LogP contribution in [0.1, 0.15) is 11.3 Å². The summed E-state index contributed by atoms with van der Waals surface area (Å²) in [6.45, 7) is 2.07. The number of nitrogens with zero attached hydrogens (tertiary/aromatic N) is 4. The van der Waals surface area contributed by atoms with Gasteiger partial charge in [-0.1, -0.05) is 71.3 Å². The van der Waals surface area contributed by atoms with E-state index in [0.717, 1.165) is 31.3 Å². The van der Waals surface area contributed by atoms with Gasteiger partial charge >= 0.3 is 0 Å². The summed E-state index contributed by atoms with van der Waals surface area (Å²) in [4.78, 5) is 15.8. The molecule has 0 radical (unpaired) electrons. The lowest BCUT2D eigenvalue weighted by molar-refractivity contribution is -0.115. The molecule has 0 unspecified atom stereocenters. The number of aryl methyl sites for hydroxylation is 1. The van der Waals surface area contributed by atoms with Crippen molar-refractivity contribution in [1.82, 2.24) is 19.6 Å². The van der Waals surface area contributed by atoms with E-state index >= 15 is 0 Å². The Morgan fingerprint density at radius 3 is 2.61 bits per heavy atom. The van der Waals surface area contributed by atoms with Gasteiger partial charge in [0.05, 0.1) is 17.1 Å². The normalized spacial score (nSPS) is 11.2. The van der Waals surface area contributed by atoms with E-state index in [1.54, 1.807) is 11.8 Å². The zero-order chi connectivity index (χ0) is 19.5. The van der Waals surface area contributed by atoms with Gasteiger partial charge in [0.25, 0.3) is 0 Å². The average molecular weight is 428 g/mol. The Kier molecular flexibility index (Phi) is 5.65. The van der Waals surface area contributed by atoms with E-state index in [0.29, 0.717) is 5.75 Å². The predicted octanol–water partition coefficient (Wildman–Crippen LogP) is 4.03. The minimum absolute atomic E-state index is 0.212. The van der Waals surface area contributed by atoms with Gasteiger partial charge in [0.2, 0.25) is 5.91 Å². The first-order valence-electron chi connectivity index (χ1n) is 8.50. The molecule has 6 nitrogen and oxygen atoms in total. The van der Waals surface area contributed by atoms with Crippen LogP contribution in [0.15, 0.2) is 57.3 Å². The SMILES string of the molecule is Cc1ccc2nc(-c3ccccc3)c(CSc3nnc(SCC(N)=O)s3)n2c1. The van der Waals surface area contributed by atoms with Gasteiger partial charge in [-0.2, -0.15) is 0 Å². The molecule has 142 valence electrons. The quantitative estimate of drug-likeness (QED) is 0.448. The van der Waals surface area contributed by atoms with Crippen molar-refractivity contribution >= 4 is 46.4 Å². The lowest BCUT2D eigenvalue weighted by Gasteiger charge is -2.05. The second-order valence-corrected chi connectivity index (χ2v) is 9.51. The molecular formula is C19H17N5OS3. The molecule has 0 saturated heterocycles. The van der Waals surface area contributed by atoms with Gasteiger partial charge in [-0.15, -0.1) is 10.2 Å².